The molecule has 8 heteroatoms. The van der Waals surface area contributed by atoms with Crippen molar-refractivity contribution in [1.82, 2.24) is 24.8 Å². The molecule has 0 unspecified atom stereocenters. The lowest BCUT2D eigenvalue weighted by molar-refractivity contribution is -0.134. The molecule has 0 aromatic carbocycles. The Hall–Kier alpha value is -2.35. The third-order valence-electron chi connectivity index (χ3n) is 5.54. The van der Waals surface area contributed by atoms with Crippen LogP contribution in [0.15, 0.2) is 23.8 Å². The largest absolute Gasteiger partial charge is 0.345 e. The van der Waals surface area contributed by atoms with Crippen molar-refractivity contribution >= 4 is 23.2 Å². The summed E-state index contributed by atoms with van der Waals surface area (Å²) in [6.07, 6.45) is 5.77. The minimum Gasteiger partial charge on any atom is -0.345 e. The summed E-state index contributed by atoms with van der Waals surface area (Å²) in [5.74, 6) is 1.55. The number of amides is 2. The molecule has 0 bridgehead atoms. The molecular formula is C18H21N5O2S. The van der Waals surface area contributed by atoms with E-state index < -0.39 is 0 Å². The maximum atomic E-state index is 12.9. The molecule has 2 aromatic heterocycles. The van der Waals surface area contributed by atoms with Gasteiger partial charge < -0.3 is 9.80 Å². The van der Waals surface area contributed by atoms with Gasteiger partial charge in [0, 0.05) is 50.9 Å². The van der Waals surface area contributed by atoms with Crippen LogP contribution in [-0.4, -0.2) is 63.2 Å². The Morgan fingerprint density at radius 2 is 2.00 bits per heavy atom. The van der Waals surface area contributed by atoms with Gasteiger partial charge in [-0.25, -0.2) is 15.0 Å². The Morgan fingerprint density at radius 1 is 1.27 bits per heavy atom. The van der Waals surface area contributed by atoms with Crippen molar-refractivity contribution in [2.45, 2.75) is 25.3 Å². The SMILES string of the molecule is CN1C[C@@H]2C[C@H](N(C)C(=O)c3csc(-c4ncccn4)n3)C[C@@H]2CC1=O. The van der Waals surface area contributed by atoms with Crippen molar-refractivity contribution in [2.75, 3.05) is 20.6 Å². The molecule has 4 rings (SSSR count). The molecule has 1 aliphatic heterocycles. The molecule has 2 aliphatic rings. The Morgan fingerprint density at radius 3 is 2.77 bits per heavy atom. The van der Waals surface area contributed by atoms with Gasteiger partial charge >= 0.3 is 0 Å². The molecule has 7 nitrogen and oxygen atoms in total. The first-order valence-electron chi connectivity index (χ1n) is 8.77. The molecule has 2 amide bonds. The van der Waals surface area contributed by atoms with Gasteiger partial charge in [0.05, 0.1) is 0 Å². The van der Waals surface area contributed by atoms with Gasteiger partial charge in [-0.15, -0.1) is 11.3 Å². The van der Waals surface area contributed by atoms with E-state index in [-0.39, 0.29) is 17.9 Å². The van der Waals surface area contributed by atoms with E-state index in [1.54, 1.807) is 28.7 Å². The number of thiazole rings is 1. The summed E-state index contributed by atoms with van der Waals surface area (Å²) in [6, 6.07) is 1.91. The maximum Gasteiger partial charge on any atom is 0.273 e. The van der Waals surface area contributed by atoms with Crippen molar-refractivity contribution in [3.8, 4) is 10.8 Å². The molecule has 136 valence electrons. The zero-order valence-corrected chi connectivity index (χ0v) is 15.6. The predicted molar refractivity (Wildman–Crippen MR) is 97.5 cm³/mol. The average Bonchev–Trinajstić information content (AvgIpc) is 3.29. The predicted octanol–water partition coefficient (Wildman–Crippen LogP) is 1.93. The quantitative estimate of drug-likeness (QED) is 0.824. The van der Waals surface area contributed by atoms with Crippen LogP contribution in [0.25, 0.3) is 10.8 Å². The van der Waals surface area contributed by atoms with Gasteiger partial charge in [0.1, 0.15) is 5.69 Å². The standard InChI is InChI=1S/C18H21N5O2S/c1-22-9-12-7-13(6-11(12)8-15(22)24)23(2)18(25)14-10-26-17(21-14)16-19-4-3-5-20-16/h3-5,10-13H,6-9H2,1-2H3/t11-,12+,13-/m1/s1. The fraction of sp³-hybridized carbons (Fsp3) is 0.500. The van der Waals surface area contributed by atoms with Gasteiger partial charge in [-0.05, 0) is 30.7 Å². The molecular weight excluding hydrogens is 350 g/mol. The zero-order chi connectivity index (χ0) is 18.3. The van der Waals surface area contributed by atoms with E-state index in [9.17, 15) is 9.59 Å². The Balaban J connectivity index is 1.46. The van der Waals surface area contributed by atoms with E-state index in [1.165, 1.54) is 11.3 Å². The lowest BCUT2D eigenvalue weighted by Crippen LogP contribution is -2.40. The topological polar surface area (TPSA) is 79.3 Å². The number of rotatable bonds is 3. The molecule has 0 radical (unpaired) electrons. The monoisotopic (exact) mass is 371 g/mol. The van der Waals surface area contributed by atoms with E-state index >= 15 is 0 Å². The van der Waals surface area contributed by atoms with Crippen molar-refractivity contribution < 1.29 is 9.59 Å². The van der Waals surface area contributed by atoms with Gasteiger partial charge in [-0.3, -0.25) is 9.59 Å². The molecule has 2 fully saturated rings. The molecule has 2 aromatic rings. The number of likely N-dealkylation sites (tertiary alicyclic amines) is 1. The minimum atomic E-state index is -0.0771. The van der Waals surface area contributed by atoms with Crippen LogP contribution in [0.4, 0.5) is 0 Å². The molecule has 1 saturated heterocycles. The minimum absolute atomic E-state index is 0.0771. The van der Waals surface area contributed by atoms with Crippen molar-refractivity contribution in [3.05, 3.63) is 29.5 Å². The van der Waals surface area contributed by atoms with Crippen LogP contribution in [0.5, 0.6) is 0 Å². The van der Waals surface area contributed by atoms with Crippen LogP contribution in [0, 0.1) is 11.8 Å². The lowest BCUT2D eigenvalue weighted by Gasteiger charge is -2.31. The first-order valence-corrected chi connectivity index (χ1v) is 9.65. The third-order valence-corrected chi connectivity index (χ3v) is 6.37. The highest BCUT2D eigenvalue weighted by atomic mass is 32.1. The van der Waals surface area contributed by atoms with Crippen LogP contribution in [0.3, 0.4) is 0 Å². The fourth-order valence-electron chi connectivity index (χ4n) is 4.03. The van der Waals surface area contributed by atoms with Crippen LogP contribution < -0.4 is 0 Å². The second kappa shape index (κ2) is 6.75. The highest BCUT2D eigenvalue weighted by Gasteiger charge is 2.42. The summed E-state index contributed by atoms with van der Waals surface area (Å²) in [4.78, 5) is 41.2. The highest BCUT2D eigenvalue weighted by molar-refractivity contribution is 7.13. The normalized spacial score (nSPS) is 25.2. The Kier molecular flexibility index (Phi) is 4.44. The summed E-state index contributed by atoms with van der Waals surface area (Å²) in [5, 5.41) is 2.42. The first-order chi connectivity index (χ1) is 12.5. The summed E-state index contributed by atoms with van der Waals surface area (Å²) < 4.78 is 0. The van der Waals surface area contributed by atoms with Crippen molar-refractivity contribution in [1.29, 1.82) is 0 Å². The number of nitrogens with zero attached hydrogens (tertiary/aromatic N) is 5. The number of fused-ring (bicyclic) bond motifs is 1. The molecule has 26 heavy (non-hydrogen) atoms. The molecule has 0 N–H and O–H groups in total. The molecule has 3 heterocycles. The molecule has 0 spiro atoms. The smallest absolute Gasteiger partial charge is 0.273 e. The fourth-order valence-corrected chi connectivity index (χ4v) is 4.77. The van der Waals surface area contributed by atoms with Gasteiger partial charge in [-0.2, -0.15) is 0 Å². The van der Waals surface area contributed by atoms with Gasteiger partial charge in [0.25, 0.3) is 5.91 Å². The maximum absolute atomic E-state index is 12.9. The van der Waals surface area contributed by atoms with Crippen LogP contribution in [0.2, 0.25) is 0 Å². The van der Waals surface area contributed by atoms with Gasteiger partial charge in [0.2, 0.25) is 5.91 Å². The Bertz CT molecular complexity index is 824. The number of piperidine rings is 1. The summed E-state index contributed by atoms with van der Waals surface area (Å²) >= 11 is 1.38. The average molecular weight is 371 g/mol. The Labute approximate surface area is 156 Å². The van der Waals surface area contributed by atoms with Gasteiger partial charge in [-0.1, -0.05) is 0 Å². The molecule has 1 saturated carbocycles. The summed E-state index contributed by atoms with van der Waals surface area (Å²) in [7, 11) is 3.71. The summed E-state index contributed by atoms with van der Waals surface area (Å²) in [5.41, 5.74) is 0.433. The van der Waals surface area contributed by atoms with Crippen LogP contribution in [-0.2, 0) is 4.79 Å². The second-order valence-corrected chi connectivity index (χ2v) is 8.01. The highest BCUT2D eigenvalue weighted by Crippen LogP contribution is 2.40. The molecule has 3 atom stereocenters. The van der Waals surface area contributed by atoms with E-state index in [0.29, 0.717) is 34.8 Å². The third kappa shape index (κ3) is 3.09. The van der Waals surface area contributed by atoms with E-state index in [4.69, 9.17) is 0 Å². The van der Waals surface area contributed by atoms with Crippen molar-refractivity contribution in [3.63, 3.8) is 0 Å². The van der Waals surface area contributed by atoms with Crippen LogP contribution >= 0.6 is 11.3 Å². The van der Waals surface area contributed by atoms with E-state index in [1.807, 2.05) is 19.0 Å². The zero-order valence-electron chi connectivity index (χ0n) is 14.8. The molecule has 1 aliphatic carbocycles. The number of hydrogen-bond donors (Lipinski definition) is 0. The number of aromatic nitrogens is 3. The van der Waals surface area contributed by atoms with Gasteiger partial charge in [0.15, 0.2) is 10.8 Å². The van der Waals surface area contributed by atoms with Crippen LogP contribution in [0.1, 0.15) is 29.8 Å². The lowest BCUT2D eigenvalue weighted by atomic mass is 9.88. The first kappa shape index (κ1) is 17.1. The second-order valence-electron chi connectivity index (χ2n) is 7.15. The summed E-state index contributed by atoms with van der Waals surface area (Å²) in [6.45, 7) is 0.800. The number of carbonyl (C=O) groups excluding carboxylic acids is 2. The number of hydrogen-bond acceptors (Lipinski definition) is 6. The van der Waals surface area contributed by atoms with Crippen molar-refractivity contribution in [2.24, 2.45) is 11.8 Å². The van der Waals surface area contributed by atoms with E-state index in [2.05, 4.69) is 15.0 Å². The number of carbonyl (C=O) groups is 2. The van der Waals surface area contributed by atoms with E-state index in [0.717, 1.165) is 19.4 Å².